The number of nitrogens with zero attached hydrogens (tertiary/aromatic N) is 1. The lowest BCUT2D eigenvalue weighted by molar-refractivity contribution is 0.0892. The van der Waals surface area contributed by atoms with Crippen molar-refractivity contribution in [2.75, 3.05) is 6.54 Å². The Balaban J connectivity index is 2.14. The molecule has 2 atom stereocenters. The monoisotopic (exact) mass is 286 g/mol. The van der Waals surface area contributed by atoms with Gasteiger partial charge in [-0.25, -0.2) is 0 Å². The molecule has 0 bridgehead atoms. The number of rotatable bonds is 3. The maximum atomic E-state index is 6.05. The molecule has 2 rings (SSSR count). The van der Waals surface area contributed by atoms with E-state index in [1.807, 2.05) is 12.1 Å². The van der Waals surface area contributed by atoms with Gasteiger partial charge < -0.3 is 5.73 Å². The van der Waals surface area contributed by atoms with E-state index in [0.717, 1.165) is 13.1 Å². The normalized spacial score (nSPS) is 25.3. The Bertz CT molecular complexity index is 389. The van der Waals surface area contributed by atoms with Gasteiger partial charge in [0.2, 0.25) is 0 Å². The number of likely N-dealkylation sites (tertiary alicyclic amines) is 1. The zero-order valence-corrected chi connectivity index (χ0v) is 12.2. The van der Waals surface area contributed by atoms with Gasteiger partial charge in [0.05, 0.1) is 0 Å². The standard InChI is InChI=1S/C14H20Cl2N2/c1-10-3-2-4-14(8-17)18(10)9-11-5-12(15)7-13(16)6-11/h5-7,10,14H,2-4,8-9,17H2,1H3. The van der Waals surface area contributed by atoms with E-state index in [9.17, 15) is 0 Å². The van der Waals surface area contributed by atoms with Crippen molar-refractivity contribution in [2.24, 2.45) is 5.73 Å². The molecule has 2 nitrogen and oxygen atoms in total. The fourth-order valence-electron chi connectivity index (χ4n) is 2.79. The van der Waals surface area contributed by atoms with Gasteiger partial charge in [-0.2, -0.15) is 0 Å². The van der Waals surface area contributed by atoms with Crippen molar-refractivity contribution in [2.45, 2.75) is 44.8 Å². The molecule has 1 fully saturated rings. The molecule has 1 aromatic rings. The van der Waals surface area contributed by atoms with E-state index in [-0.39, 0.29) is 0 Å². The van der Waals surface area contributed by atoms with Gasteiger partial charge in [0.15, 0.2) is 0 Å². The Morgan fingerprint density at radius 2 is 1.89 bits per heavy atom. The van der Waals surface area contributed by atoms with Gasteiger partial charge >= 0.3 is 0 Å². The number of nitrogens with two attached hydrogens (primary N) is 1. The Hall–Kier alpha value is -0.280. The predicted molar refractivity (Wildman–Crippen MR) is 78.2 cm³/mol. The van der Waals surface area contributed by atoms with Crippen molar-refractivity contribution in [3.05, 3.63) is 33.8 Å². The van der Waals surface area contributed by atoms with Crippen LogP contribution in [0, 0.1) is 0 Å². The summed E-state index contributed by atoms with van der Waals surface area (Å²) in [5.74, 6) is 0. The van der Waals surface area contributed by atoms with E-state index >= 15 is 0 Å². The summed E-state index contributed by atoms with van der Waals surface area (Å²) >= 11 is 12.1. The molecule has 1 heterocycles. The summed E-state index contributed by atoms with van der Waals surface area (Å²) < 4.78 is 0. The van der Waals surface area contributed by atoms with Crippen LogP contribution in [0.4, 0.5) is 0 Å². The number of hydrogen-bond acceptors (Lipinski definition) is 2. The van der Waals surface area contributed by atoms with Crippen molar-refractivity contribution in [3.8, 4) is 0 Å². The topological polar surface area (TPSA) is 29.3 Å². The SMILES string of the molecule is CC1CCCC(CN)N1Cc1cc(Cl)cc(Cl)c1. The van der Waals surface area contributed by atoms with Gasteiger partial charge in [-0.1, -0.05) is 29.6 Å². The Kier molecular flexibility index (Phi) is 4.91. The first-order valence-corrected chi connectivity index (χ1v) is 7.26. The molecule has 2 N–H and O–H groups in total. The van der Waals surface area contributed by atoms with Crippen LogP contribution >= 0.6 is 23.2 Å². The molecule has 0 radical (unpaired) electrons. The molecule has 1 saturated heterocycles. The zero-order valence-electron chi connectivity index (χ0n) is 10.7. The van der Waals surface area contributed by atoms with Gasteiger partial charge in [-0.3, -0.25) is 4.90 Å². The van der Waals surface area contributed by atoms with Crippen LogP contribution in [0.2, 0.25) is 10.0 Å². The molecule has 2 unspecified atom stereocenters. The lowest BCUT2D eigenvalue weighted by atomic mass is 9.95. The van der Waals surface area contributed by atoms with E-state index in [4.69, 9.17) is 28.9 Å². The lowest BCUT2D eigenvalue weighted by Crippen LogP contribution is -2.48. The smallest absolute Gasteiger partial charge is 0.0424 e. The van der Waals surface area contributed by atoms with E-state index < -0.39 is 0 Å². The molecule has 0 spiro atoms. The van der Waals surface area contributed by atoms with Crippen LogP contribution in [0.1, 0.15) is 31.7 Å². The molecule has 100 valence electrons. The highest BCUT2D eigenvalue weighted by molar-refractivity contribution is 6.34. The van der Waals surface area contributed by atoms with Gasteiger partial charge in [-0.15, -0.1) is 0 Å². The van der Waals surface area contributed by atoms with Crippen molar-refractivity contribution in [1.29, 1.82) is 0 Å². The van der Waals surface area contributed by atoms with Gasteiger partial charge in [-0.05, 0) is 43.5 Å². The minimum atomic E-state index is 0.478. The second-order valence-corrected chi connectivity index (χ2v) is 5.99. The molecule has 1 aromatic carbocycles. The van der Waals surface area contributed by atoms with Crippen LogP contribution < -0.4 is 5.73 Å². The molecular formula is C14H20Cl2N2. The highest BCUT2D eigenvalue weighted by atomic mass is 35.5. The fourth-order valence-corrected chi connectivity index (χ4v) is 3.36. The van der Waals surface area contributed by atoms with Crippen molar-refractivity contribution in [1.82, 2.24) is 4.90 Å². The quantitative estimate of drug-likeness (QED) is 0.918. The fraction of sp³-hybridized carbons (Fsp3) is 0.571. The third-order valence-corrected chi connectivity index (χ3v) is 4.19. The summed E-state index contributed by atoms with van der Waals surface area (Å²) in [7, 11) is 0. The summed E-state index contributed by atoms with van der Waals surface area (Å²) in [5.41, 5.74) is 7.04. The average molecular weight is 287 g/mol. The lowest BCUT2D eigenvalue weighted by Gasteiger charge is -2.40. The van der Waals surface area contributed by atoms with Gasteiger partial charge in [0.1, 0.15) is 0 Å². The molecule has 0 aromatic heterocycles. The zero-order chi connectivity index (χ0) is 13.1. The summed E-state index contributed by atoms with van der Waals surface area (Å²) in [4.78, 5) is 2.48. The number of piperidine rings is 1. The van der Waals surface area contributed by atoms with Crippen LogP contribution in [-0.2, 0) is 6.54 Å². The van der Waals surface area contributed by atoms with Crippen molar-refractivity contribution in [3.63, 3.8) is 0 Å². The highest BCUT2D eigenvalue weighted by Gasteiger charge is 2.26. The maximum Gasteiger partial charge on any atom is 0.0424 e. The van der Waals surface area contributed by atoms with Crippen LogP contribution in [0.5, 0.6) is 0 Å². The first kappa shape index (κ1) is 14.1. The Morgan fingerprint density at radius 3 is 2.50 bits per heavy atom. The van der Waals surface area contributed by atoms with Crippen LogP contribution in [0.15, 0.2) is 18.2 Å². The third kappa shape index (κ3) is 3.39. The third-order valence-electron chi connectivity index (χ3n) is 3.75. The first-order chi connectivity index (χ1) is 8.60. The van der Waals surface area contributed by atoms with E-state index in [1.165, 1.54) is 24.8 Å². The van der Waals surface area contributed by atoms with E-state index in [2.05, 4.69) is 11.8 Å². The Labute approximate surface area is 119 Å². The minimum Gasteiger partial charge on any atom is -0.329 e. The van der Waals surface area contributed by atoms with Crippen molar-refractivity contribution < 1.29 is 0 Å². The van der Waals surface area contributed by atoms with Gasteiger partial charge in [0.25, 0.3) is 0 Å². The number of hydrogen-bond donors (Lipinski definition) is 1. The van der Waals surface area contributed by atoms with Crippen molar-refractivity contribution >= 4 is 23.2 Å². The van der Waals surface area contributed by atoms with Crippen LogP contribution in [0.25, 0.3) is 0 Å². The van der Waals surface area contributed by atoms with Gasteiger partial charge in [0, 0.05) is 35.2 Å². The predicted octanol–water partition coefficient (Wildman–Crippen LogP) is 3.70. The average Bonchev–Trinajstić information content (AvgIpc) is 2.30. The molecule has 18 heavy (non-hydrogen) atoms. The summed E-state index contributed by atoms with van der Waals surface area (Å²) in [6, 6.07) is 6.80. The number of halogens is 2. The molecular weight excluding hydrogens is 267 g/mol. The maximum absolute atomic E-state index is 6.05. The molecule has 1 aliphatic heterocycles. The largest absolute Gasteiger partial charge is 0.329 e. The van der Waals surface area contributed by atoms with E-state index in [0.29, 0.717) is 22.1 Å². The highest BCUT2D eigenvalue weighted by Crippen LogP contribution is 2.26. The second-order valence-electron chi connectivity index (χ2n) is 5.12. The molecule has 0 amide bonds. The molecule has 0 saturated carbocycles. The minimum absolute atomic E-state index is 0.478. The Morgan fingerprint density at radius 1 is 1.22 bits per heavy atom. The van der Waals surface area contributed by atoms with Crippen LogP contribution in [0.3, 0.4) is 0 Å². The number of benzene rings is 1. The summed E-state index contributed by atoms with van der Waals surface area (Å²) in [6.45, 7) is 3.87. The summed E-state index contributed by atoms with van der Waals surface area (Å²) in [5, 5.41) is 1.40. The van der Waals surface area contributed by atoms with Crippen LogP contribution in [-0.4, -0.2) is 23.5 Å². The first-order valence-electron chi connectivity index (χ1n) is 6.51. The van der Waals surface area contributed by atoms with E-state index in [1.54, 1.807) is 6.07 Å². The summed E-state index contributed by atoms with van der Waals surface area (Å²) in [6.07, 6.45) is 3.70. The molecule has 4 heteroatoms. The molecule has 1 aliphatic rings. The molecule has 0 aliphatic carbocycles. The second kappa shape index (κ2) is 6.25.